The van der Waals surface area contributed by atoms with Crippen molar-refractivity contribution >= 4 is 13.7 Å². The Morgan fingerprint density at radius 2 is 1.20 bits per heavy atom. The highest BCUT2D eigenvalue weighted by molar-refractivity contribution is 7.47. The SMILES string of the molecule is CCCCCCCCCCCCCCCC/C=C/CC/C=C/C(O)C(COP(=O)(O)OCC[N+](C)(C)C)NC(=O)CCCCCC. The maximum atomic E-state index is 12.5. The molecule has 1 amide bonds. The molecular weight excluding hydrogens is 599 g/mol. The van der Waals surface area contributed by atoms with Crippen molar-refractivity contribution in [2.75, 3.05) is 40.9 Å². The van der Waals surface area contributed by atoms with Crippen molar-refractivity contribution in [3.05, 3.63) is 24.3 Å². The van der Waals surface area contributed by atoms with Gasteiger partial charge >= 0.3 is 7.82 Å². The molecule has 0 saturated carbocycles. The van der Waals surface area contributed by atoms with Crippen LogP contribution in [0.1, 0.15) is 155 Å². The van der Waals surface area contributed by atoms with E-state index in [1.165, 1.54) is 89.9 Å². The molecule has 9 heteroatoms. The summed E-state index contributed by atoms with van der Waals surface area (Å²) in [4.78, 5) is 22.6. The third-order valence-corrected chi connectivity index (χ3v) is 9.16. The predicted octanol–water partition coefficient (Wildman–Crippen LogP) is 9.41. The van der Waals surface area contributed by atoms with Crippen molar-refractivity contribution in [2.45, 2.75) is 167 Å². The molecule has 3 atom stereocenters. The number of unbranched alkanes of at least 4 members (excludes halogenated alkanes) is 18. The van der Waals surface area contributed by atoms with Crippen LogP contribution in [0.25, 0.3) is 0 Å². The predicted molar refractivity (Wildman–Crippen MR) is 194 cm³/mol. The van der Waals surface area contributed by atoms with Crippen molar-refractivity contribution in [1.29, 1.82) is 0 Å². The maximum Gasteiger partial charge on any atom is 0.472 e. The molecule has 0 spiro atoms. The molecule has 0 aromatic heterocycles. The van der Waals surface area contributed by atoms with Gasteiger partial charge < -0.3 is 19.8 Å². The molecule has 0 rings (SSSR count). The summed E-state index contributed by atoms with van der Waals surface area (Å²) in [7, 11) is 1.55. The highest BCUT2D eigenvalue weighted by atomic mass is 31.2. The highest BCUT2D eigenvalue weighted by Gasteiger charge is 2.27. The monoisotopic (exact) mass is 674 g/mol. The van der Waals surface area contributed by atoms with Crippen LogP contribution in [0.4, 0.5) is 0 Å². The van der Waals surface area contributed by atoms with Gasteiger partial charge in [0, 0.05) is 6.42 Å². The van der Waals surface area contributed by atoms with E-state index in [1.807, 2.05) is 27.2 Å². The largest absolute Gasteiger partial charge is 0.472 e. The molecule has 0 saturated heterocycles. The lowest BCUT2D eigenvalue weighted by molar-refractivity contribution is -0.870. The average molecular weight is 674 g/mol. The van der Waals surface area contributed by atoms with E-state index in [4.69, 9.17) is 9.05 Å². The summed E-state index contributed by atoms with van der Waals surface area (Å²) >= 11 is 0. The number of nitrogens with zero attached hydrogens (tertiary/aromatic N) is 1. The fraction of sp³-hybridized carbons (Fsp3) is 0.865. The normalized spacial score (nSPS) is 15.0. The quantitative estimate of drug-likeness (QED) is 0.0278. The smallest absolute Gasteiger partial charge is 0.387 e. The zero-order valence-corrected chi connectivity index (χ0v) is 31.5. The number of rotatable bonds is 33. The minimum absolute atomic E-state index is 0.0567. The third kappa shape index (κ3) is 31.6. The van der Waals surface area contributed by atoms with Gasteiger partial charge in [-0.3, -0.25) is 13.8 Å². The van der Waals surface area contributed by atoms with Crippen LogP contribution >= 0.6 is 7.82 Å². The molecule has 3 unspecified atom stereocenters. The Bertz CT molecular complexity index is 814. The molecule has 8 nitrogen and oxygen atoms in total. The van der Waals surface area contributed by atoms with Crippen molar-refractivity contribution in [2.24, 2.45) is 0 Å². The van der Waals surface area contributed by atoms with Crippen LogP contribution < -0.4 is 5.32 Å². The minimum Gasteiger partial charge on any atom is -0.387 e. The molecule has 46 heavy (non-hydrogen) atoms. The number of carbonyl (C=O) groups is 1. The van der Waals surface area contributed by atoms with Crippen LogP contribution in [0.15, 0.2) is 24.3 Å². The van der Waals surface area contributed by atoms with Gasteiger partial charge in [-0.1, -0.05) is 141 Å². The van der Waals surface area contributed by atoms with Gasteiger partial charge in [-0.2, -0.15) is 0 Å². The molecule has 0 bridgehead atoms. The molecule has 0 aliphatic heterocycles. The molecule has 0 aliphatic rings. The molecule has 3 N–H and O–H groups in total. The maximum absolute atomic E-state index is 12.5. The third-order valence-electron chi connectivity index (χ3n) is 8.17. The molecular formula is C37H74N2O6P+. The summed E-state index contributed by atoms with van der Waals surface area (Å²) in [5, 5.41) is 13.6. The van der Waals surface area contributed by atoms with E-state index in [0.717, 1.165) is 44.9 Å². The van der Waals surface area contributed by atoms with E-state index >= 15 is 0 Å². The van der Waals surface area contributed by atoms with Gasteiger partial charge in [0.1, 0.15) is 13.2 Å². The standard InChI is InChI=1S/C37H73N2O6P/c1-6-8-10-12-13-14-15-16-17-18-19-20-21-22-23-24-25-26-27-28-30-36(40)35(38-37(41)31-29-11-9-7-2)34-45-46(42,43)44-33-32-39(3,4)5/h24-25,28,30,35-36,40H,6-23,26-27,29,31-34H2,1-5H3,(H-,38,41,42,43)/p+1/b25-24+,30-28+. The number of phosphoric acid groups is 1. The number of allylic oxidation sites excluding steroid dienone is 3. The van der Waals surface area contributed by atoms with Crippen LogP contribution in [0.3, 0.4) is 0 Å². The lowest BCUT2D eigenvalue weighted by Crippen LogP contribution is -2.45. The summed E-state index contributed by atoms with van der Waals surface area (Å²) < 4.78 is 23.2. The first-order valence-corrected chi connectivity index (χ1v) is 20.2. The Hall–Kier alpha value is -1.02. The van der Waals surface area contributed by atoms with Crippen molar-refractivity contribution in [3.8, 4) is 0 Å². The van der Waals surface area contributed by atoms with Crippen LogP contribution in [-0.2, 0) is 18.4 Å². The summed E-state index contributed by atoms with van der Waals surface area (Å²) in [6.07, 6.45) is 33.1. The first kappa shape index (κ1) is 45.0. The Balaban J connectivity index is 4.30. The Morgan fingerprint density at radius 3 is 1.74 bits per heavy atom. The Morgan fingerprint density at radius 1 is 0.717 bits per heavy atom. The number of carbonyl (C=O) groups excluding carboxylic acids is 1. The van der Waals surface area contributed by atoms with Crippen molar-refractivity contribution in [1.82, 2.24) is 5.32 Å². The molecule has 0 fully saturated rings. The Labute approximate surface area is 284 Å². The van der Waals surface area contributed by atoms with Gasteiger partial charge in [-0.05, 0) is 32.1 Å². The number of quaternary nitrogens is 1. The first-order chi connectivity index (χ1) is 22.0. The number of phosphoric ester groups is 1. The number of hydrogen-bond donors (Lipinski definition) is 3. The minimum atomic E-state index is -4.32. The number of amides is 1. The number of nitrogens with one attached hydrogen (secondary N) is 1. The summed E-state index contributed by atoms with van der Waals surface area (Å²) in [5.74, 6) is -0.206. The zero-order chi connectivity index (χ0) is 34.4. The van der Waals surface area contributed by atoms with Crippen molar-refractivity contribution in [3.63, 3.8) is 0 Å². The zero-order valence-electron chi connectivity index (χ0n) is 30.6. The van der Waals surface area contributed by atoms with E-state index in [0.29, 0.717) is 17.4 Å². The summed E-state index contributed by atoms with van der Waals surface area (Å²) in [6, 6.07) is -0.853. The fourth-order valence-electron chi connectivity index (χ4n) is 5.11. The number of likely N-dealkylation sites (N-methyl/N-ethyl adjacent to an activating group) is 1. The Kier molecular flexibility index (Phi) is 29.4. The van der Waals surface area contributed by atoms with E-state index in [1.54, 1.807) is 6.08 Å². The molecule has 0 aliphatic carbocycles. The summed E-state index contributed by atoms with van der Waals surface area (Å²) in [5.41, 5.74) is 0. The van der Waals surface area contributed by atoms with Crippen LogP contribution in [0.2, 0.25) is 0 Å². The lowest BCUT2D eigenvalue weighted by atomic mass is 10.0. The second-order valence-electron chi connectivity index (χ2n) is 13.9. The van der Waals surface area contributed by atoms with Gasteiger partial charge in [0.15, 0.2) is 0 Å². The fourth-order valence-corrected chi connectivity index (χ4v) is 5.85. The van der Waals surface area contributed by atoms with Gasteiger partial charge in [-0.25, -0.2) is 4.57 Å². The van der Waals surface area contributed by atoms with E-state index in [2.05, 4.69) is 31.3 Å². The second-order valence-corrected chi connectivity index (χ2v) is 15.4. The number of aliphatic hydroxyl groups is 1. The molecule has 0 heterocycles. The van der Waals surface area contributed by atoms with Crippen LogP contribution in [-0.4, -0.2) is 73.4 Å². The van der Waals surface area contributed by atoms with Gasteiger partial charge in [0.2, 0.25) is 5.91 Å². The van der Waals surface area contributed by atoms with Gasteiger partial charge in [0.05, 0.1) is 39.9 Å². The number of hydrogen-bond acceptors (Lipinski definition) is 5. The van der Waals surface area contributed by atoms with Gasteiger partial charge in [-0.15, -0.1) is 0 Å². The first-order valence-electron chi connectivity index (χ1n) is 18.7. The van der Waals surface area contributed by atoms with E-state index in [-0.39, 0.29) is 19.1 Å². The number of aliphatic hydroxyl groups excluding tert-OH is 1. The molecule has 0 aromatic rings. The second kappa shape index (κ2) is 30.1. The van der Waals surface area contributed by atoms with Crippen LogP contribution in [0.5, 0.6) is 0 Å². The molecule has 0 aromatic carbocycles. The van der Waals surface area contributed by atoms with E-state index < -0.39 is 20.0 Å². The van der Waals surface area contributed by atoms with E-state index in [9.17, 15) is 19.4 Å². The van der Waals surface area contributed by atoms with Gasteiger partial charge in [0.25, 0.3) is 0 Å². The van der Waals surface area contributed by atoms with Crippen molar-refractivity contribution < 1.29 is 32.9 Å². The highest BCUT2D eigenvalue weighted by Crippen LogP contribution is 2.43. The van der Waals surface area contributed by atoms with Crippen LogP contribution in [0, 0.1) is 0 Å². The molecule has 272 valence electrons. The average Bonchev–Trinajstić information content (AvgIpc) is 2.99. The summed E-state index contributed by atoms with van der Waals surface area (Å²) in [6.45, 7) is 4.65. The lowest BCUT2D eigenvalue weighted by Gasteiger charge is -2.25. The molecule has 0 radical (unpaired) electrons. The topological polar surface area (TPSA) is 105 Å².